The molecule has 1 aromatic rings. The van der Waals surface area contributed by atoms with Gasteiger partial charge in [0, 0.05) is 13.1 Å². The van der Waals surface area contributed by atoms with E-state index in [2.05, 4.69) is 0 Å². The van der Waals surface area contributed by atoms with Gasteiger partial charge in [-0.05, 0) is 43.5 Å². The van der Waals surface area contributed by atoms with Crippen molar-refractivity contribution in [3.8, 4) is 0 Å². The van der Waals surface area contributed by atoms with Crippen LogP contribution in [0, 0.1) is 11.7 Å². The summed E-state index contributed by atoms with van der Waals surface area (Å²) in [6.45, 7) is 1.24. The average Bonchev–Trinajstić information content (AvgIpc) is 2.41. The van der Waals surface area contributed by atoms with Crippen molar-refractivity contribution in [1.29, 1.82) is 0 Å². The van der Waals surface area contributed by atoms with Crippen molar-refractivity contribution in [1.82, 2.24) is 4.31 Å². The van der Waals surface area contributed by atoms with Crippen molar-refractivity contribution < 1.29 is 12.8 Å². The first kappa shape index (κ1) is 17.7. The van der Waals surface area contributed by atoms with Crippen LogP contribution in [0.4, 0.5) is 4.39 Å². The molecule has 0 spiro atoms. The molecule has 0 aliphatic carbocycles. The Labute approximate surface area is 129 Å². The molecular formula is C12H17Cl2FN2O2S. The van der Waals surface area contributed by atoms with Gasteiger partial charge >= 0.3 is 0 Å². The fraction of sp³-hybridized carbons (Fsp3) is 0.500. The van der Waals surface area contributed by atoms with Crippen LogP contribution in [0.1, 0.15) is 12.8 Å². The first-order valence-electron chi connectivity index (χ1n) is 6.10. The molecule has 0 bridgehead atoms. The Morgan fingerprint density at radius 2 is 2.15 bits per heavy atom. The Balaban J connectivity index is 0.00000200. The second kappa shape index (κ2) is 7.04. The lowest BCUT2D eigenvalue weighted by Gasteiger charge is -2.31. The van der Waals surface area contributed by atoms with Gasteiger partial charge in [-0.1, -0.05) is 11.6 Å². The molecule has 1 aliphatic rings. The monoisotopic (exact) mass is 342 g/mol. The summed E-state index contributed by atoms with van der Waals surface area (Å²) in [5.74, 6) is -0.466. The van der Waals surface area contributed by atoms with Gasteiger partial charge in [-0.25, -0.2) is 12.8 Å². The number of sulfonamides is 1. The lowest BCUT2D eigenvalue weighted by Crippen LogP contribution is -2.42. The molecule has 1 aliphatic heterocycles. The van der Waals surface area contributed by atoms with Crippen molar-refractivity contribution in [3.05, 3.63) is 29.0 Å². The van der Waals surface area contributed by atoms with Crippen LogP contribution in [0.5, 0.6) is 0 Å². The Hall–Kier alpha value is -0.400. The van der Waals surface area contributed by atoms with Crippen LogP contribution >= 0.6 is 24.0 Å². The minimum Gasteiger partial charge on any atom is -0.330 e. The summed E-state index contributed by atoms with van der Waals surface area (Å²) in [4.78, 5) is -0.174. The fourth-order valence-electron chi connectivity index (χ4n) is 2.25. The number of hydrogen-bond donors (Lipinski definition) is 1. The molecule has 1 aromatic carbocycles. The SMILES string of the molecule is Cl.NCC1CCCN(S(=O)(=O)c2cc(F)ccc2Cl)C1. The summed E-state index contributed by atoms with van der Waals surface area (Å²) in [6, 6.07) is 3.36. The van der Waals surface area contributed by atoms with Crippen molar-refractivity contribution in [2.45, 2.75) is 17.7 Å². The molecule has 20 heavy (non-hydrogen) atoms. The summed E-state index contributed by atoms with van der Waals surface area (Å²) in [6.07, 6.45) is 1.67. The molecule has 8 heteroatoms. The number of benzene rings is 1. The number of halogens is 3. The zero-order chi connectivity index (χ0) is 14.0. The summed E-state index contributed by atoms with van der Waals surface area (Å²) in [5.41, 5.74) is 5.59. The van der Waals surface area contributed by atoms with Crippen LogP contribution in [-0.4, -0.2) is 32.4 Å². The highest BCUT2D eigenvalue weighted by Gasteiger charge is 2.31. The quantitative estimate of drug-likeness (QED) is 0.916. The van der Waals surface area contributed by atoms with Gasteiger partial charge in [0.1, 0.15) is 10.7 Å². The van der Waals surface area contributed by atoms with Crippen molar-refractivity contribution in [2.75, 3.05) is 19.6 Å². The first-order valence-corrected chi connectivity index (χ1v) is 7.92. The normalized spacial score (nSPS) is 20.4. The lowest BCUT2D eigenvalue weighted by molar-refractivity contribution is 0.271. The van der Waals surface area contributed by atoms with E-state index in [1.165, 1.54) is 10.4 Å². The van der Waals surface area contributed by atoms with Gasteiger partial charge in [0.15, 0.2) is 0 Å². The molecule has 0 saturated carbocycles. The maximum absolute atomic E-state index is 13.2. The smallest absolute Gasteiger partial charge is 0.244 e. The molecule has 1 saturated heterocycles. The van der Waals surface area contributed by atoms with Crippen LogP contribution in [0.2, 0.25) is 5.02 Å². The van der Waals surface area contributed by atoms with Gasteiger partial charge < -0.3 is 5.73 Å². The molecule has 0 amide bonds. The molecular weight excluding hydrogens is 326 g/mol. The molecule has 4 nitrogen and oxygen atoms in total. The van der Waals surface area contributed by atoms with Crippen molar-refractivity contribution >= 4 is 34.0 Å². The van der Waals surface area contributed by atoms with Crippen molar-refractivity contribution in [3.63, 3.8) is 0 Å². The summed E-state index contributed by atoms with van der Waals surface area (Å²) in [7, 11) is -3.75. The zero-order valence-corrected chi connectivity index (χ0v) is 13.1. The minimum atomic E-state index is -3.75. The highest BCUT2D eigenvalue weighted by atomic mass is 35.5. The predicted molar refractivity (Wildman–Crippen MR) is 79.2 cm³/mol. The van der Waals surface area contributed by atoms with E-state index in [9.17, 15) is 12.8 Å². The van der Waals surface area contributed by atoms with Gasteiger partial charge in [0.25, 0.3) is 0 Å². The molecule has 1 heterocycles. The van der Waals surface area contributed by atoms with E-state index in [1.807, 2.05) is 0 Å². The second-order valence-electron chi connectivity index (χ2n) is 4.68. The summed E-state index contributed by atoms with van der Waals surface area (Å²) < 4.78 is 39.5. The standard InChI is InChI=1S/C12H16ClFN2O2S.ClH/c13-11-4-3-10(14)6-12(11)19(17,18)16-5-1-2-9(7-15)8-16;/h3-4,6,9H,1-2,5,7-8,15H2;1H. The Morgan fingerprint density at radius 3 is 2.80 bits per heavy atom. The van der Waals surface area contributed by atoms with E-state index < -0.39 is 15.8 Å². The molecule has 1 unspecified atom stereocenters. The van der Waals surface area contributed by atoms with E-state index in [1.54, 1.807) is 0 Å². The summed E-state index contributed by atoms with van der Waals surface area (Å²) >= 11 is 5.87. The Morgan fingerprint density at radius 1 is 1.45 bits per heavy atom. The van der Waals surface area contributed by atoms with Crippen LogP contribution in [0.3, 0.4) is 0 Å². The van der Waals surface area contributed by atoms with E-state index in [4.69, 9.17) is 17.3 Å². The van der Waals surface area contributed by atoms with Crippen LogP contribution < -0.4 is 5.73 Å². The van der Waals surface area contributed by atoms with Crippen LogP contribution in [-0.2, 0) is 10.0 Å². The molecule has 1 fully saturated rings. The second-order valence-corrected chi connectivity index (χ2v) is 7.00. The van der Waals surface area contributed by atoms with E-state index in [0.717, 1.165) is 25.0 Å². The van der Waals surface area contributed by atoms with E-state index in [-0.39, 0.29) is 28.2 Å². The number of piperidine rings is 1. The molecule has 2 N–H and O–H groups in total. The zero-order valence-electron chi connectivity index (χ0n) is 10.8. The third-order valence-electron chi connectivity index (χ3n) is 3.33. The van der Waals surface area contributed by atoms with Gasteiger partial charge in [0.2, 0.25) is 10.0 Å². The van der Waals surface area contributed by atoms with Gasteiger partial charge in [0.05, 0.1) is 5.02 Å². The van der Waals surface area contributed by atoms with Crippen LogP contribution in [0.25, 0.3) is 0 Å². The van der Waals surface area contributed by atoms with Gasteiger partial charge in [-0.3, -0.25) is 0 Å². The number of rotatable bonds is 3. The predicted octanol–water partition coefficient (Wildman–Crippen LogP) is 2.26. The first-order chi connectivity index (χ1) is 8.95. The molecule has 114 valence electrons. The maximum atomic E-state index is 13.2. The Bertz CT molecular complexity index is 569. The lowest BCUT2D eigenvalue weighted by atomic mass is 10.0. The topological polar surface area (TPSA) is 63.4 Å². The van der Waals surface area contributed by atoms with Crippen LogP contribution in [0.15, 0.2) is 23.1 Å². The number of nitrogens with two attached hydrogens (primary N) is 1. The fourth-order valence-corrected chi connectivity index (χ4v) is 4.29. The van der Waals surface area contributed by atoms with Gasteiger partial charge in [-0.15, -0.1) is 12.4 Å². The maximum Gasteiger partial charge on any atom is 0.244 e. The third kappa shape index (κ3) is 3.62. The number of hydrogen-bond acceptors (Lipinski definition) is 3. The van der Waals surface area contributed by atoms with Crippen molar-refractivity contribution in [2.24, 2.45) is 11.7 Å². The van der Waals surface area contributed by atoms with E-state index >= 15 is 0 Å². The molecule has 2 rings (SSSR count). The van der Waals surface area contributed by atoms with E-state index in [0.29, 0.717) is 19.6 Å². The molecule has 0 aromatic heterocycles. The molecule has 0 radical (unpaired) electrons. The third-order valence-corrected chi connectivity index (χ3v) is 5.67. The Kier molecular flexibility index (Phi) is 6.22. The number of nitrogens with zero attached hydrogens (tertiary/aromatic N) is 1. The highest BCUT2D eigenvalue weighted by molar-refractivity contribution is 7.89. The molecule has 1 atom stereocenters. The highest BCUT2D eigenvalue weighted by Crippen LogP contribution is 2.28. The summed E-state index contributed by atoms with van der Waals surface area (Å²) in [5, 5.41) is 0.0382. The van der Waals surface area contributed by atoms with Gasteiger partial charge in [-0.2, -0.15) is 4.31 Å². The average molecular weight is 343 g/mol. The minimum absolute atomic E-state index is 0. The largest absolute Gasteiger partial charge is 0.330 e.